The predicted octanol–water partition coefficient (Wildman–Crippen LogP) is 1.46. The first kappa shape index (κ1) is 15.1. The van der Waals surface area contributed by atoms with Gasteiger partial charge in [-0.3, -0.25) is 9.58 Å². The Bertz CT molecular complexity index is 620. The van der Waals surface area contributed by atoms with Gasteiger partial charge in [0.25, 0.3) is 0 Å². The molecule has 1 aromatic heterocycles. The van der Waals surface area contributed by atoms with Crippen LogP contribution in [0.4, 0.5) is 0 Å². The number of aryl methyl sites for hydroxylation is 1. The first-order valence-corrected chi connectivity index (χ1v) is 7.54. The smallest absolute Gasteiger partial charge is 0.181 e. The van der Waals surface area contributed by atoms with E-state index >= 15 is 0 Å². The molecule has 0 N–H and O–H groups in total. The molecular weight excluding hydrogens is 280 g/mol. The standard InChI is InChI=1S/C16H22N4O2/c1-19-15(12-21-2)17-16(18-19)14-5-3-4-13(10-14)11-20-6-8-22-9-7-20/h3-5,10H,6-9,11-12H2,1-2H3. The Morgan fingerprint density at radius 2 is 2.09 bits per heavy atom. The van der Waals surface area contributed by atoms with Crippen LogP contribution in [0.2, 0.25) is 0 Å². The van der Waals surface area contributed by atoms with Crippen LogP contribution in [0.15, 0.2) is 24.3 Å². The van der Waals surface area contributed by atoms with Crippen LogP contribution in [0.25, 0.3) is 11.4 Å². The molecule has 1 aliphatic heterocycles. The molecule has 0 aliphatic carbocycles. The molecule has 0 saturated carbocycles. The summed E-state index contributed by atoms with van der Waals surface area (Å²) in [5.41, 5.74) is 2.32. The van der Waals surface area contributed by atoms with Crippen molar-refractivity contribution in [3.05, 3.63) is 35.7 Å². The summed E-state index contributed by atoms with van der Waals surface area (Å²) in [4.78, 5) is 6.96. The Labute approximate surface area is 130 Å². The topological polar surface area (TPSA) is 52.4 Å². The van der Waals surface area contributed by atoms with Crippen LogP contribution in [-0.4, -0.2) is 53.1 Å². The number of hydrogen-bond acceptors (Lipinski definition) is 5. The molecule has 0 atom stereocenters. The molecule has 1 saturated heterocycles. The number of hydrogen-bond donors (Lipinski definition) is 0. The van der Waals surface area contributed by atoms with E-state index < -0.39 is 0 Å². The highest BCUT2D eigenvalue weighted by Crippen LogP contribution is 2.18. The highest BCUT2D eigenvalue weighted by atomic mass is 16.5. The summed E-state index contributed by atoms with van der Waals surface area (Å²) in [6.45, 7) is 5.03. The average molecular weight is 302 g/mol. The second-order valence-electron chi connectivity index (χ2n) is 5.50. The van der Waals surface area contributed by atoms with E-state index in [1.807, 2.05) is 7.05 Å². The molecule has 0 bridgehead atoms. The Hall–Kier alpha value is -1.76. The van der Waals surface area contributed by atoms with Crippen molar-refractivity contribution in [2.45, 2.75) is 13.2 Å². The van der Waals surface area contributed by atoms with Crippen LogP contribution in [0.3, 0.4) is 0 Å². The van der Waals surface area contributed by atoms with Crippen LogP contribution in [0.1, 0.15) is 11.4 Å². The highest BCUT2D eigenvalue weighted by Gasteiger charge is 2.13. The average Bonchev–Trinajstić information content (AvgIpc) is 2.90. The van der Waals surface area contributed by atoms with Gasteiger partial charge in [-0.25, -0.2) is 4.98 Å². The maximum absolute atomic E-state index is 5.39. The van der Waals surface area contributed by atoms with Gasteiger partial charge in [0.05, 0.1) is 13.2 Å². The van der Waals surface area contributed by atoms with Crippen molar-refractivity contribution < 1.29 is 9.47 Å². The van der Waals surface area contributed by atoms with Gasteiger partial charge in [-0.1, -0.05) is 18.2 Å². The maximum atomic E-state index is 5.39. The van der Waals surface area contributed by atoms with E-state index in [0.29, 0.717) is 6.61 Å². The SMILES string of the molecule is COCc1nc(-c2cccc(CN3CCOCC3)c2)nn1C. The summed E-state index contributed by atoms with van der Waals surface area (Å²) >= 11 is 0. The molecule has 1 aromatic carbocycles. The number of nitrogens with zero attached hydrogens (tertiary/aromatic N) is 4. The Balaban J connectivity index is 1.76. The molecule has 0 unspecified atom stereocenters. The van der Waals surface area contributed by atoms with Gasteiger partial charge in [0.15, 0.2) is 11.6 Å². The molecule has 2 heterocycles. The maximum Gasteiger partial charge on any atom is 0.181 e. The lowest BCUT2D eigenvalue weighted by molar-refractivity contribution is 0.0342. The van der Waals surface area contributed by atoms with Gasteiger partial charge >= 0.3 is 0 Å². The zero-order chi connectivity index (χ0) is 15.4. The predicted molar refractivity (Wildman–Crippen MR) is 83.2 cm³/mol. The minimum atomic E-state index is 0.469. The van der Waals surface area contributed by atoms with Crippen molar-refractivity contribution in [3.63, 3.8) is 0 Å². The van der Waals surface area contributed by atoms with Crippen LogP contribution in [0.5, 0.6) is 0 Å². The number of aromatic nitrogens is 3. The van der Waals surface area contributed by atoms with Gasteiger partial charge in [0, 0.05) is 39.4 Å². The van der Waals surface area contributed by atoms with E-state index in [2.05, 4.69) is 39.2 Å². The fraction of sp³-hybridized carbons (Fsp3) is 0.500. The van der Waals surface area contributed by atoms with Crippen molar-refractivity contribution in [1.29, 1.82) is 0 Å². The van der Waals surface area contributed by atoms with Gasteiger partial charge in [0.2, 0.25) is 0 Å². The van der Waals surface area contributed by atoms with Gasteiger partial charge in [-0.05, 0) is 11.6 Å². The summed E-state index contributed by atoms with van der Waals surface area (Å²) in [6.07, 6.45) is 0. The third-order valence-corrected chi connectivity index (χ3v) is 3.82. The molecule has 0 amide bonds. The van der Waals surface area contributed by atoms with E-state index in [-0.39, 0.29) is 0 Å². The second kappa shape index (κ2) is 7.00. The molecule has 118 valence electrons. The zero-order valence-electron chi connectivity index (χ0n) is 13.2. The Morgan fingerprint density at radius 1 is 1.27 bits per heavy atom. The molecule has 22 heavy (non-hydrogen) atoms. The molecule has 2 aromatic rings. The number of morpholine rings is 1. The summed E-state index contributed by atoms with van der Waals surface area (Å²) in [7, 11) is 3.56. The van der Waals surface area contributed by atoms with Gasteiger partial charge in [-0.15, -0.1) is 0 Å². The van der Waals surface area contributed by atoms with E-state index in [1.54, 1.807) is 11.8 Å². The largest absolute Gasteiger partial charge is 0.379 e. The minimum Gasteiger partial charge on any atom is -0.379 e. The van der Waals surface area contributed by atoms with Crippen molar-refractivity contribution in [3.8, 4) is 11.4 Å². The quantitative estimate of drug-likeness (QED) is 0.837. The summed E-state index contributed by atoms with van der Waals surface area (Å²) < 4.78 is 12.3. The zero-order valence-corrected chi connectivity index (χ0v) is 13.2. The molecule has 6 heteroatoms. The normalized spacial score (nSPS) is 16.1. The van der Waals surface area contributed by atoms with E-state index in [1.165, 1.54) is 5.56 Å². The molecule has 6 nitrogen and oxygen atoms in total. The van der Waals surface area contributed by atoms with Crippen molar-refractivity contribution in [2.24, 2.45) is 7.05 Å². The van der Waals surface area contributed by atoms with Crippen molar-refractivity contribution >= 4 is 0 Å². The monoisotopic (exact) mass is 302 g/mol. The van der Waals surface area contributed by atoms with Crippen molar-refractivity contribution in [1.82, 2.24) is 19.7 Å². The lowest BCUT2D eigenvalue weighted by Gasteiger charge is -2.26. The van der Waals surface area contributed by atoms with Crippen LogP contribution in [-0.2, 0) is 29.7 Å². The minimum absolute atomic E-state index is 0.469. The third kappa shape index (κ3) is 3.52. The summed E-state index contributed by atoms with van der Waals surface area (Å²) in [5, 5.41) is 4.48. The number of ether oxygens (including phenoxy) is 2. The molecule has 0 radical (unpaired) electrons. The first-order chi connectivity index (χ1) is 10.8. The van der Waals surface area contributed by atoms with Crippen molar-refractivity contribution in [2.75, 3.05) is 33.4 Å². The van der Waals surface area contributed by atoms with Crippen LogP contribution < -0.4 is 0 Å². The number of rotatable bonds is 5. The molecule has 1 fully saturated rings. The molecule has 3 rings (SSSR count). The lowest BCUT2D eigenvalue weighted by Crippen LogP contribution is -2.35. The second-order valence-corrected chi connectivity index (χ2v) is 5.50. The summed E-state index contributed by atoms with van der Waals surface area (Å²) in [5.74, 6) is 1.58. The first-order valence-electron chi connectivity index (χ1n) is 7.54. The molecule has 0 spiro atoms. The number of benzene rings is 1. The summed E-state index contributed by atoms with van der Waals surface area (Å²) in [6, 6.07) is 8.44. The lowest BCUT2D eigenvalue weighted by atomic mass is 10.1. The number of methoxy groups -OCH3 is 1. The fourth-order valence-corrected chi connectivity index (χ4v) is 2.62. The van der Waals surface area contributed by atoms with Crippen LogP contribution >= 0.6 is 0 Å². The molecular formula is C16H22N4O2. The van der Waals surface area contributed by atoms with E-state index in [0.717, 1.165) is 50.1 Å². The van der Waals surface area contributed by atoms with Gasteiger partial charge < -0.3 is 9.47 Å². The third-order valence-electron chi connectivity index (χ3n) is 3.82. The van der Waals surface area contributed by atoms with Gasteiger partial charge in [0.1, 0.15) is 6.61 Å². The highest BCUT2D eigenvalue weighted by molar-refractivity contribution is 5.55. The Kier molecular flexibility index (Phi) is 4.82. The fourth-order valence-electron chi connectivity index (χ4n) is 2.62. The molecule has 1 aliphatic rings. The van der Waals surface area contributed by atoms with E-state index in [4.69, 9.17) is 9.47 Å². The van der Waals surface area contributed by atoms with Crippen LogP contribution in [0, 0.1) is 0 Å². The van der Waals surface area contributed by atoms with Gasteiger partial charge in [-0.2, -0.15) is 5.10 Å². The van der Waals surface area contributed by atoms with E-state index in [9.17, 15) is 0 Å². The Morgan fingerprint density at radius 3 is 2.86 bits per heavy atom.